The van der Waals surface area contributed by atoms with Gasteiger partial charge in [-0.2, -0.15) is 0 Å². The maximum absolute atomic E-state index is 5.62. The van der Waals surface area contributed by atoms with Crippen molar-refractivity contribution in [1.82, 2.24) is 14.7 Å². The van der Waals surface area contributed by atoms with Gasteiger partial charge in [0.05, 0.1) is 13.8 Å². The molecule has 0 aliphatic rings. The molecule has 0 fully saturated rings. The summed E-state index contributed by atoms with van der Waals surface area (Å²) in [5, 5.41) is 4.48. The van der Waals surface area contributed by atoms with Gasteiger partial charge >= 0.3 is 0 Å². The minimum absolute atomic E-state index is 0.362. The fourth-order valence-electron chi connectivity index (χ4n) is 2.42. The van der Waals surface area contributed by atoms with Crippen LogP contribution in [-0.4, -0.2) is 28.8 Å². The summed E-state index contributed by atoms with van der Waals surface area (Å²) in [5.41, 5.74) is 2.11. The van der Waals surface area contributed by atoms with E-state index in [0.717, 1.165) is 17.9 Å². The van der Waals surface area contributed by atoms with Crippen LogP contribution in [0.4, 0.5) is 0 Å². The topological polar surface area (TPSA) is 43.4 Å². The van der Waals surface area contributed by atoms with Crippen molar-refractivity contribution in [3.05, 3.63) is 65.0 Å². The molecule has 3 rings (SSSR count). The van der Waals surface area contributed by atoms with Gasteiger partial charge in [-0.15, -0.1) is 5.10 Å². The van der Waals surface area contributed by atoms with Crippen LogP contribution >= 0.6 is 12.2 Å². The molecule has 1 heterocycles. The molecule has 6 heteroatoms. The average molecular weight is 341 g/mol. The van der Waals surface area contributed by atoms with Crippen molar-refractivity contribution in [3.8, 4) is 17.2 Å². The van der Waals surface area contributed by atoms with E-state index >= 15 is 0 Å². The molecule has 0 saturated carbocycles. The third-order valence-electron chi connectivity index (χ3n) is 3.61. The summed E-state index contributed by atoms with van der Waals surface area (Å²) < 4.78 is 12.5. The first-order chi connectivity index (χ1) is 11.7. The van der Waals surface area contributed by atoms with E-state index in [-0.39, 0.29) is 0 Å². The first kappa shape index (κ1) is 16.4. The van der Waals surface area contributed by atoms with Crippen LogP contribution in [0.5, 0.6) is 5.75 Å². The fraction of sp³-hybridized carbons (Fsp3) is 0.222. The molecule has 0 atom stereocenters. The van der Waals surface area contributed by atoms with Gasteiger partial charge in [-0.25, -0.2) is 4.68 Å². The van der Waals surface area contributed by atoms with Gasteiger partial charge in [-0.3, -0.25) is 4.90 Å². The van der Waals surface area contributed by atoms with E-state index in [1.807, 2.05) is 49.5 Å². The zero-order valence-corrected chi connectivity index (χ0v) is 14.5. The van der Waals surface area contributed by atoms with Crippen LogP contribution in [0.1, 0.15) is 5.56 Å². The summed E-state index contributed by atoms with van der Waals surface area (Å²) in [4.78, 5) is 2.49. The van der Waals surface area contributed by atoms with E-state index in [9.17, 15) is 0 Å². The smallest absolute Gasteiger partial charge is 0.288 e. The largest absolute Gasteiger partial charge is 0.497 e. The Morgan fingerprint density at radius 3 is 2.50 bits per heavy atom. The highest BCUT2D eigenvalue weighted by atomic mass is 32.1. The Bertz CT molecular complexity index is 841. The lowest BCUT2D eigenvalue weighted by molar-refractivity contribution is 0.240. The molecule has 5 nitrogen and oxygen atoms in total. The number of benzene rings is 2. The van der Waals surface area contributed by atoms with Crippen LogP contribution in [0.2, 0.25) is 0 Å². The summed E-state index contributed by atoms with van der Waals surface area (Å²) in [6.45, 7) is 1.38. The summed E-state index contributed by atoms with van der Waals surface area (Å²) in [6.07, 6.45) is 0. The molecule has 0 amide bonds. The maximum Gasteiger partial charge on any atom is 0.288 e. The molecule has 24 heavy (non-hydrogen) atoms. The van der Waals surface area contributed by atoms with Gasteiger partial charge in [0, 0.05) is 12.1 Å². The number of aromatic nitrogens is 2. The molecule has 0 N–H and O–H groups in total. The van der Waals surface area contributed by atoms with Crippen LogP contribution in [0.15, 0.2) is 59.0 Å². The lowest BCUT2D eigenvalue weighted by atomic mass is 10.2. The summed E-state index contributed by atoms with van der Waals surface area (Å²) in [7, 11) is 3.66. The van der Waals surface area contributed by atoms with Gasteiger partial charge in [0.1, 0.15) is 5.75 Å². The summed E-state index contributed by atoms with van der Waals surface area (Å²) in [5.74, 6) is 1.30. The third-order valence-corrected chi connectivity index (χ3v) is 3.91. The van der Waals surface area contributed by atoms with Crippen LogP contribution in [-0.2, 0) is 13.2 Å². The molecule has 124 valence electrons. The van der Waals surface area contributed by atoms with Crippen LogP contribution < -0.4 is 4.74 Å². The Balaban J connectivity index is 1.72. The molecular weight excluding hydrogens is 322 g/mol. The van der Waals surface area contributed by atoms with E-state index in [1.165, 1.54) is 5.56 Å². The molecule has 0 spiro atoms. The monoisotopic (exact) mass is 341 g/mol. The Labute approximate surface area is 146 Å². The highest BCUT2D eigenvalue weighted by molar-refractivity contribution is 7.71. The van der Waals surface area contributed by atoms with E-state index in [2.05, 4.69) is 22.1 Å². The van der Waals surface area contributed by atoms with E-state index < -0.39 is 0 Å². The van der Waals surface area contributed by atoms with Gasteiger partial charge in [0.2, 0.25) is 5.89 Å². The quantitative estimate of drug-likeness (QED) is 0.635. The number of methoxy groups -OCH3 is 1. The molecule has 0 unspecified atom stereocenters. The second-order valence-electron chi connectivity index (χ2n) is 5.54. The van der Waals surface area contributed by atoms with Gasteiger partial charge in [0.15, 0.2) is 0 Å². The Morgan fingerprint density at radius 1 is 1.12 bits per heavy atom. The Kier molecular flexibility index (Phi) is 5.08. The van der Waals surface area contributed by atoms with Crippen molar-refractivity contribution in [1.29, 1.82) is 0 Å². The minimum Gasteiger partial charge on any atom is -0.497 e. The predicted molar refractivity (Wildman–Crippen MR) is 95.2 cm³/mol. The van der Waals surface area contributed by atoms with Crippen molar-refractivity contribution >= 4 is 12.2 Å². The summed E-state index contributed by atoms with van der Waals surface area (Å²) >= 11 is 5.29. The minimum atomic E-state index is 0.362. The van der Waals surface area contributed by atoms with Gasteiger partial charge in [-0.1, -0.05) is 30.3 Å². The highest BCUT2D eigenvalue weighted by Gasteiger charge is 2.10. The van der Waals surface area contributed by atoms with E-state index in [4.69, 9.17) is 21.4 Å². The summed E-state index contributed by atoms with van der Waals surface area (Å²) in [6, 6.07) is 17.8. The number of hydrogen-bond donors (Lipinski definition) is 0. The SMILES string of the molecule is COc1ccc(-c2nn(CN(C)Cc3ccccc3)c(=S)o2)cc1. The molecule has 0 aliphatic heterocycles. The number of rotatable bonds is 6. The van der Waals surface area contributed by atoms with Crippen molar-refractivity contribution in [2.75, 3.05) is 14.2 Å². The Morgan fingerprint density at radius 2 is 1.83 bits per heavy atom. The van der Waals surface area contributed by atoms with Crippen molar-refractivity contribution in [2.24, 2.45) is 0 Å². The van der Waals surface area contributed by atoms with Gasteiger partial charge < -0.3 is 9.15 Å². The fourth-order valence-corrected chi connectivity index (χ4v) is 2.60. The molecular formula is C18H19N3O2S. The third kappa shape index (κ3) is 3.90. The second-order valence-corrected chi connectivity index (χ2v) is 5.89. The normalized spacial score (nSPS) is 11.0. The zero-order valence-electron chi connectivity index (χ0n) is 13.7. The first-order valence-electron chi connectivity index (χ1n) is 7.60. The van der Waals surface area contributed by atoms with Crippen molar-refractivity contribution in [3.63, 3.8) is 0 Å². The molecule has 1 aromatic heterocycles. The second kappa shape index (κ2) is 7.42. The zero-order chi connectivity index (χ0) is 16.9. The lowest BCUT2D eigenvalue weighted by Crippen LogP contribution is -2.22. The van der Waals surface area contributed by atoms with Crippen LogP contribution in [0.25, 0.3) is 11.5 Å². The molecule has 0 bridgehead atoms. The number of nitrogens with zero attached hydrogens (tertiary/aromatic N) is 3. The van der Waals surface area contributed by atoms with Gasteiger partial charge in [-0.05, 0) is 49.1 Å². The van der Waals surface area contributed by atoms with Crippen molar-refractivity contribution in [2.45, 2.75) is 13.2 Å². The van der Waals surface area contributed by atoms with E-state index in [1.54, 1.807) is 11.8 Å². The average Bonchev–Trinajstić information content (AvgIpc) is 2.96. The molecule has 3 aromatic rings. The Hall–Kier alpha value is -2.44. The number of ether oxygens (including phenoxy) is 1. The van der Waals surface area contributed by atoms with Crippen LogP contribution in [0.3, 0.4) is 0 Å². The maximum atomic E-state index is 5.62. The molecule has 0 saturated heterocycles. The van der Waals surface area contributed by atoms with Crippen molar-refractivity contribution < 1.29 is 9.15 Å². The molecule has 0 radical (unpaired) electrons. The van der Waals surface area contributed by atoms with Crippen LogP contribution in [0, 0.1) is 4.84 Å². The number of hydrogen-bond acceptors (Lipinski definition) is 5. The highest BCUT2D eigenvalue weighted by Crippen LogP contribution is 2.21. The molecule has 0 aliphatic carbocycles. The predicted octanol–water partition coefficient (Wildman–Crippen LogP) is 3.97. The lowest BCUT2D eigenvalue weighted by Gasteiger charge is -2.15. The first-order valence-corrected chi connectivity index (χ1v) is 8.01. The standard InChI is InChI=1S/C18H19N3O2S/c1-20(12-14-6-4-3-5-7-14)13-21-18(24)23-17(19-21)15-8-10-16(22-2)11-9-15/h3-11H,12-13H2,1-2H3. The van der Waals surface area contributed by atoms with Gasteiger partial charge in [0.25, 0.3) is 4.84 Å². The molecule has 2 aromatic carbocycles. The van der Waals surface area contributed by atoms with E-state index in [0.29, 0.717) is 17.4 Å².